The zero-order valence-corrected chi connectivity index (χ0v) is 12.1. The van der Waals surface area contributed by atoms with E-state index >= 15 is 0 Å². The van der Waals surface area contributed by atoms with E-state index in [0.717, 1.165) is 11.1 Å². The third kappa shape index (κ3) is 3.54. The second-order valence-electron chi connectivity index (χ2n) is 4.56. The van der Waals surface area contributed by atoms with Gasteiger partial charge < -0.3 is 5.73 Å². The highest BCUT2D eigenvalue weighted by atomic mass is 32.2. The van der Waals surface area contributed by atoms with Crippen molar-refractivity contribution in [2.75, 3.05) is 13.6 Å². The molecule has 1 rings (SSSR count). The zero-order valence-electron chi connectivity index (χ0n) is 11.3. The predicted octanol–water partition coefficient (Wildman–Crippen LogP) is 1.49. The van der Waals surface area contributed by atoms with Crippen molar-refractivity contribution in [1.82, 2.24) is 4.31 Å². The lowest BCUT2D eigenvalue weighted by Crippen LogP contribution is -2.39. The Morgan fingerprint density at radius 1 is 1.39 bits per heavy atom. The van der Waals surface area contributed by atoms with Crippen LogP contribution in [0.5, 0.6) is 0 Å². The molecular formula is C13H22N2O2S. The lowest BCUT2D eigenvalue weighted by atomic mass is 10.1. The maximum Gasteiger partial charge on any atom is 0.218 e. The van der Waals surface area contributed by atoms with Crippen LogP contribution in [-0.4, -0.2) is 31.6 Å². The van der Waals surface area contributed by atoms with E-state index in [0.29, 0.717) is 13.0 Å². The molecule has 5 heteroatoms. The average molecular weight is 270 g/mol. The lowest BCUT2D eigenvalue weighted by Gasteiger charge is -2.22. The number of nitrogens with two attached hydrogens (primary N) is 1. The topological polar surface area (TPSA) is 63.4 Å². The standard InChI is InChI=1S/C13H22N2O2S/c1-4-13(9-14)18(16,17)15(3)10-12-7-5-6-11(2)8-12/h5-8,13H,4,9-10,14H2,1-3H3. The Morgan fingerprint density at radius 2 is 2.06 bits per heavy atom. The van der Waals surface area contributed by atoms with Crippen LogP contribution in [0, 0.1) is 6.92 Å². The van der Waals surface area contributed by atoms with Crippen LogP contribution in [0.4, 0.5) is 0 Å². The van der Waals surface area contributed by atoms with Crippen molar-refractivity contribution in [1.29, 1.82) is 0 Å². The Morgan fingerprint density at radius 3 is 2.56 bits per heavy atom. The van der Waals surface area contributed by atoms with E-state index in [9.17, 15) is 8.42 Å². The number of nitrogens with zero attached hydrogens (tertiary/aromatic N) is 1. The number of rotatable bonds is 6. The highest BCUT2D eigenvalue weighted by Crippen LogP contribution is 2.14. The van der Waals surface area contributed by atoms with Gasteiger partial charge in [-0.2, -0.15) is 0 Å². The summed E-state index contributed by atoms with van der Waals surface area (Å²) in [4.78, 5) is 0. The summed E-state index contributed by atoms with van der Waals surface area (Å²) < 4.78 is 25.8. The zero-order chi connectivity index (χ0) is 13.8. The molecule has 0 saturated heterocycles. The fourth-order valence-corrected chi connectivity index (χ4v) is 3.41. The molecule has 1 aromatic rings. The maximum absolute atomic E-state index is 12.2. The molecule has 18 heavy (non-hydrogen) atoms. The van der Waals surface area contributed by atoms with Gasteiger partial charge in [-0.25, -0.2) is 12.7 Å². The van der Waals surface area contributed by atoms with Gasteiger partial charge >= 0.3 is 0 Å². The summed E-state index contributed by atoms with van der Waals surface area (Å²) in [5.74, 6) is 0. The van der Waals surface area contributed by atoms with Gasteiger partial charge in [0.25, 0.3) is 0 Å². The van der Waals surface area contributed by atoms with Gasteiger partial charge in [0.2, 0.25) is 10.0 Å². The largest absolute Gasteiger partial charge is 0.329 e. The van der Waals surface area contributed by atoms with Crippen molar-refractivity contribution in [3.05, 3.63) is 35.4 Å². The third-order valence-electron chi connectivity index (χ3n) is 3.06. The highest BCUT2D eigenvalue weighted by Gasteiger charge is 2.27. The van der Waals surface area contributed by atoms with Crippen molar-refractivity contribution in [2.45, 2.75) is 32.1 Å². The lowest BCUT2D eigenvalue weighted by molar-refractivity contribution is 0.453. The van der Waals surface area contributed by atoms with E-state index in [4.69, 9.17) is 5.73 Å². The Kier molecular flexibility index (Phi) is 5.31. The van der Waals surface area contributed by atoms with Crippen molar-refractivity contribution in [3.8, 4) is 0 Å². The van der Waals surface area contributed by atoms with E-state index in [1.54, 1.807) is 7.05 Å². The first-order chi connectivity index (χ1) is 8.41. The van der Waals surface area contributed by atoms with Crippen LogP contribution in [-0.2, 0) is 16.6 Å². The van der Waals surface area contributed by atoms with Gasteiger partial charge in [0, 0.05) is 20.1 Å². The monoisotopic (exact) mass is 270 g/mol. The number of hydrogen-bond acceptors (Lipinski definition) is 3. The first-order valence-electron chi connectivity index (χ1n) is 6.12. The van der Waals surface area contributed by atoms with Crippen LogP contribution in [0.15, 0.2) is 24.3 Å². The second-order valence-corrected chi connectivity index (χ2v) is 6.88. The number of hydrogen-bond donors (Lipinski definition) is 1. The smallest absolute Gasteiger partial charge is 0.218 e. The van der Waals surface area contributed by atoms with Crippen LogP contribution in [0.25, 0.3) is 0 Å². The Bertz CT molecular complexity index is 482. The molecule has 0 radical (unpaired) electrons. The molecule has 0 heterocycles. The van der Waals surface area contributed by atoms with Gasteiger partial charge in [0.15, 0.2) is 0 Å². The molecule has 2 N–H and O–H groups in total. The Hall–Kier alpha value is -0.910. The molecule has 0 bridgehead atoms. The molecule has 0 spiro atoms. The number of sulfonamides is 1. The SMILES string of the molecule is CCC(CN)S(=O)(=O)N(C)Cc1cccc(C)c1. The molecular weight excluding hydrogens is 248 g/mol. The molecule has 1 aromatic carbocycles. The first kappa shape index (κ1) is 15.1. The minimum atomic E-state index is -3.30. The normalized spacial score (nSPS) is 13.8. The molecule has 102 valence electrons. The quantitative estimate of drug-likeness (QED) is 0.852. The fraction of sp³-hybridized carbons (Fsp3) is 0.538. The van der Waals surface area contributed by atoms with Gasteiger partial charge in [-0.1, -0.05) is 36.8 Å². The van der Waals surface area contributed by atoms with Crippen LogP contribution >= 0.6 is 0 Å². The molecule has 0 aliphatic rings. The molecule has 1 atom stereocenters. The molecule has 0 saturated carbocycles. The van der Waals surface area contributed by atoms with Gasteiger partial charge in [-0.15, -0.1) is 0 Å². The van der Waals surface area contributed by atoms with E-state index in [1.807, 2.05) is 38.1 Å². The molecule has 4 nitrogen and oxygen atoms in total. The minimum absolute atomic E-state index is 0.164. The molecule has 1 unspecified atom stereocenters. The highest BCUT2D eigenvalue weighted by molar-refractivity contribution is 7.89. The van der Waals surface area contributed by atoms with E-state index in [-0.39, 0.29) is 6.54 Å². The third-order valence-corrected chi connectivity index (χ3v) is 5.43. The van der Waals surface area contributed by atoms with E-state index < -0.39 is 15.3 Å². The summed E-state index contributed by atoms with van der Waals surface area (Å²) in [6, 6.07) is 7.86. The molecule has 0 fully saturated rings. The molecule has 0 amide bonds. The van der Waals surface area contributed by atoms with Crippen molar-refractivity contribution in [3.63, 3.8) is 0 Å². The Balaban J connectivity index is 2.85. The summed E-state index contributed by atoms with van der Waals surface area (Å²) in [6.45, 7) is 4.39. The Labute approximate surface area is 110 Å². The molecule has 0 aromatic heterocycles. The summed E-state index contributed by atoms with van der Waals surface area (Å²) >= 11 is 0. The second kappa shape index (κ2) is 6.31. The van der Waals surface area contributed by atoms with Gasteiger partial charge in [0.1, 0.15) is 0 Å². The van der Waals surface area contributed by atoms with Crippen molar-refractivity contribution >= 4 is 10.0 Å². The van der Waals surface area contributed by atoms with Crippen LogP contribution in [0.2, 0.25) is 0 Å². The fourth-order valence-electron chi connectivity index (χ4n) is 1.91. The summed E-state index contributed by atoms with van der Waals surface area (Å²) in [5, 5.41) is -0.493. The van der Waals surface area contributed by atoms with Crippen molar-refractivity contribution in [2.24, 2.45) is 5.73 Å². The van der Waals surface area contributed by atoms with Crippen molar-refractivity contribution < 1.29 is 8.42 Å². The van der Waals surface area contributed by atoms with Gasteiger partial charge in [-0.05, 0) is 18.9 Å². The molecule has 0 aliphatic heterocycles. The molecule has 0 aliphatic carbocycles. The van der Waals surface area contributed by atoms with Gasteiger partial charge in [0.05, 0.1) is 5.25 Å². The summed E-state index contributed by atoms with van der Waals surface area (Å²) in [6.07, 6.45) is 0.539. The van der Waals surface area contributed by atoms with Crippen LogP contribution in [0.1, 0.15) is 24.5 Å². The predicted molar refractivity (Wildman–Crippen MR) is 74.7 cm³/mol. The maximum atomic E-state index is 12.2. The summed E-state index contributed by atoms with van der Waals surface area (Å²) in [7, 11) is -1.70. The average Bonchev–Trinajstić information content (AvgIpc) is 2.30. The summed E-state index contributed by atoms with van der Waals surface area (Å²) in [5.41, 5.74) is 7.64. The van der Waals surface area contributed by atoms with E-state index in [1.165, 1.54) is 4.31 Å². The minimum Gasteiger partial charge on any atom is -0.329 e. The van der Waals surface area contributed by atoms with E-state index in [2.05, 4.69) is 0 Å². The number of aryl methyl sites for hydroxylation is 1. The van der Waals surface area contributed by atoms with Crippen LogP contribution < -0.4 is 5.73 Å². The number of benzene rings is 1. The first-order valence-corrected chi connectivity index (χ1v) is 7.63. The van der Waals surface area contributed by atoms with Crippen LogP contribution in [0.3, 0.4) is 0 Å². The van der Waals surface area contributed by atoms with Gasteiger partial charge in [-0.3, -0.25) is 0 Å².